The molecule has 0 aliphatic rings. The van der Waals surface area contributed by atoms with E-state index in [1.54, 1.807) is 0 Å². The van der Waals surface area contributed by atoms with Crippen molar-refractivity contribution in [3.05, 3.63) is 0 Å². The summed E-state index contributed by atoms with van der Waals surface area (Å²) in [5.41, 5.74) is 0. The smallest absolute Gasteiger partial charge is 0.00670 e. The highest BCUT2D eigenvalue weighted by molar-refractivity contribution is 4.66. The first-order valence-electron chi connectivity index (χ1n) is 4.96. The number of nitrogens with zero attached hydrogens (tertiary/aromatic N) is 1. The quantitative estimate of drug-likeness (QED) is 0.614. The minimum Gasteiger partial charge on any atom is -0.320 e. The molecule has 0 aromatic carbocycles. The zero-order chi connectivity index (χ0) is 9.56. The molecule has 1 atom stereocenters. The number of hydrogen-bond donors (Lipinski definition) is 1. The van der Waals surface area contributed by atoms with Crippen molar-refractivity contribution >= 4 is 0 Å². The van der Waals surface area contributed by atoms with Crippen molar-refractivity contribution in [1.82, 2.24) is 10.2 Å². The topological polar surface area (TPSA) is 15.3 Å². The molecule has 0 aromatic rings. The summed E-state index contributed by atoms with van der Waals surface area (Å²) >= 11 is 0. The van der Waals surface area contributed by atoms with Crippen LogP contribution >= 0.6 is 0 Å². The second-order valence-corrected chi connectivity index (χ2v) is 3.85. The highest BCUT2D eigenvalue weighted by atomic mass is 15.1. The van der Waals surface area contributed by atoms with E-state index in [-0.39, 0.29) is 0 Å². The first-order chi connectivity index (χ1) is 5.59. The van der Waals surface area contributed by atoms with Crippen molar-refractivity contribution in [3.63, 3.8) is 0 Å². The van der Waals surface area contributed by atoms with Crippen molar-refractivity contribution in [2.45, 2.75) is 45.7 Å². The van der Waals surface area contributed by atoms with Crippen LogP contribution in [0, 0.1) is 0 Å². The van der Waals surface area contributed by atoms with Crippen LogP contribution in [0.4, 0.5) is 0 Å². The first-order valence-corrected chi connectivity index (χ1v) is 4.96. The van der Waals surface area contributed by atoms with E-state index in [9.17, 15) is 0 Å². The van der Waals surface area contributed by atoms with Crippen LogP contribution in [0.5, 0.6) is 0 Å². The molecule has 0 bridgehead atoms. The van der Waals surface area contributed by atoms with Crippen molar-refractivity contribution in [2.75, 3.05) is 20.6 Å². The lowest BCUT2D eigenvalue weighted by atomic mass is 10.1. The highest BCUT2D eigenvalue weighted by Gasteiger charge is 2.10. The van der Waals surface area contributed by atoms with Gasteiger partial charge in [0.2, 0.25) is 0 Å². The Bertz CT molecular complexity index is 102. The van der Waals surface area contributed by atoms with E-state index < -0.39 is 0 Å². The molecule has 74 valence electrons. The molecule has 1 N–H and O–H groups in total. The predicted molar refractivity (Wildman–Crippen MR) is 55.5 cm³/mol. The van der Waals surface area contributed by atoms with Crippen LogP contribution in [0.15, 0.2) is 0 Å². The van der Waals surface area contributed by atoms with E-state index in [1.165, 1.54) is 12.8 Å². The summed E-state index contributed by atoms with van der Waals surface area (Å²) in [6, 6.07) is 1.37. The molecular formula is C10H24N2. The van der Waals surface area contributed by atoms with E-state index in [0.29, 0.717) is 12.1 Å². The third kappa shape index (κ3) is 4.73. The summed E-state index contributed by atoms with van der Waals surface area (Å²) in [7, 11) is 4.21. The van der Waals surface area contributed by atoms with Gasteiger partial charge >= 0.3 is 0 Å². The Morgan fingerprint density at radius 3 is 2.25 bits per heavy atom. The molecule has 0 aliphatic carbocycles. The molecule has 2 heteroatoms. The van der Waals surface area contributed by atoms with Crippen LogP contribution in [0.1, 0.15) is 33.6 Å². The second-order valence-electron chi connectivity index (χ2n) is 3.85. The van der Waals surface area contributed by atoms with Crippen LogP contribution in [0.3, 0.4) is 0 Å². The van der Waals surface area contributed by atoms with Crippen LogP contribution in [0.2, 0.25) is 0 Å². The van der Waals surface area contributed by atoms with Gasteiger partial charge in [0.15, 0.2) is 0 Å². The molecule has 2 nitrogen and oxygen atoms in total. The Hall–Kier alpha value is -0.0800. The Labute approximate surface area is 77.3 Å². The third-order valence-electron chi connectivity index (χ3n) is 2.56. The summed E-state index contributed by atoms with van der Waals surface area (Å²) in [6.45, 7) is 7.93. The van der Waals surface area contributed by atoms with E-state index in [0.717, 1.165) is 6.54 Å². The average Bonchev–Trinajstić information content (AvgIpc) is 2.03. The van der Waals surface area contributed by atoms with Crippen LogP contribution in [-0.2, 0) is 0 Å². The fraction of sp³-hybridized carbons (Fsp3) is 1.00. The summed E-state index contributed by atoms with van der Waals surface area (Å²) in [5.74, 6) is 0. The zero-order valence-corrected chi connectivity index (χ0v) is 9.22. The molecule has 0 amide bonds. The lowest BCUT2D eigenvalue weighted by Gasteiger charge is -2.28. The van der Waals surface area contributed by atoms with Gasteiger partial charge in [-0.25, -0.2) is 0 Å². The zero-order valence-electron chi connectivity index (χ0n) is 9.22. The highest BCUT2D eigenvalue weighted by Crippen LogP contribution is 2.06. The number of nitrogens with one attached hydrogen (secondary N) is 1. The monoisotopic (exact) mass is 172 g/mol. The Balaban J connectivity index is 3.49. The van der Waals surface area contributed by atoms with Gasteiger partial charge in [0.05, 0.1) is 0 Å². The van der Waals surface area contributed by atoms with Crippen LogP contribution in [-0.4, -0.2) is 37.6 Å². The SMILES string of the molecule is CNCCCC(C)N(C)C(C)C. The standard InChI is InChI=1S/C10H24N2/c1-9(2)12(5)10(3)7-6-8-11-4/h9-11H,6-8H2,1-5H3. The van der Waals surface area contributed by atoms with Gasteiger partial charge in [-0.1, -0.05) is 0 Å². The second kappa shape index (κ2) is 6.44. The van der Waals surface area contributed by atoms with E-state index in [2.05, 4.69) is 38.0 Å². The summed E-state index contributed by atoms with van der Waals surface area (Å²) in [6.07, 6.45) is 2.56. The molecule has 0 aliphatic heterocycles. The molecule has 0 fully saturated rings. The molecular weight excluding hydrogens is 148 g/mol. The van der Waals surface area contributed by atoms with Gasteiger partial charge in [0.1, 0.15) is 0 Å². The Kier molecular flexibility index (Phi) is 6.39. The third-order valence-corrected chi connectivity index (χ3v) is 2.56. The van der Waals surface area contributed by atoms with E-state index >= 15 is 0 Å². The maximum absolute atomic E-state index is 3.17. The van der Waals surface area contributed by atoms with Gasteiger partial charge < -0.3 is 10.2 Å². The summed E-state index contributed by atoms with van der Waals surface area (Å²) in [5, 5.41) is 3.17. The van der Waals surface area contributed by atoms with Crippen molar-refractivity contribution in [2.24, 2.45) is 0 Å². The maximum Gasteiger partial charge on any atom is 0.00670 e. The van der Waals surface area contributed by atoms with Crippen molar-refractivity contribution in [1.29, 1.82) is 0 Å². The number of rotatable bonds is 6. The van der Waals surface area contributed by atoms with Gasteiger partial charge in [-0.2, -0.15) is 0 Å². The molecule has 0 rings (SSSR count). The van der Waals surface area contributed by atoms with Gasteiger partial charge in [-0.05, 0) is 54.3 Å². The van der Waals surface area contributed by atoms with Crippen LogP contribution in [0.25, 0.3) is 0 Å². The van der Waals surface area contributed by atoms with E-state index in [4.69, 9.17) is 0 Å². The Morgan fingerprint density at radius 2 is 1.83 bits per heavy atom. The van der Waals surface area contributed by atoms with Crippen molar-refractivity contribution in [3.8, 4) is 0 Å². The number of hydrogen-bond acceptors (Lipinski definition) is 2. The fourth-order valence-electron chi connectivity index (χ4n) is 1.29. The Morgan fingerprint density at radius 1 is 1.25 bits per heavy atom. The van der Waals surface area contributed by atoms with Gasteiger partial charge in [-0.15, -0.1) is 0 Å². The van der Waals surface area contributed by atoms with Gasteiger partial charge in [0.25, 0.3) is 0 Å². The van der Waals surface area contributed by atoms with Crippen molar-refractivity contribution < 1.29 is 0 Å². The molecule has 0 spiro atoms. The van der Waals surface area contributed by atoms with E-state index in [1.807, 2.05) is 7.05 Å². The molecule has 0 heterocycles. The average molecular weight is 172 g/mol. The fourth-order valence-corrected chi connectivity index (χ4v) is 1.29. The lowest BCUT2D eigenvalue weighted by molar-refractivity contribution is 0.197. The predicted octanol–water partition coefficient (Wildman–Crippen LogP) is 1.71. The van der Waals surface area contributed by atoms with Gasteiger partial charge in [0, 0.05) is 12.1 Å². The maximum atomic E-state index is 3.17. The normalized spacial score (nSPS) is 14.2. The molecule has 0 saturated heterocycles. The molecule has 0 saturated carbocycles. The molecule has 12 heavy (non-hydrogen) atoms. The molecule has 0 radical (unpaired) electrons. The largest absolute Gasteiger partial charge is 0.320 e. The summed E-state index contributed by atoms with van der Waals surface area (Å²) in [4.78, 5) is 2.43. The summed E-state index contributed by atoms with van der Waals surface area (Å²) < 4.78 is 0. The minimum atomic E-state index is 0.662. The first kappa shape index (κ1) is 11.9. The lowest BCUT2D eigenvalue weighted by Crippen LogP contribution is -2.35. The van der Waals surface area contributed by atoms with Gasteiger partial charge in [-0.3, -0.25) is 0 Å². The minimum absolute atomic E-state index is 0.662. The molecule has 1 unspecified atom stereocenters. The molecule has 0 aromatic heterocycles. The van der Waals surface area contributed by atoms with Crippen LogP contribution < -0.4 is 5.32 Å².